The number of carbonyl (C=O) groups is 1. The lowest BCUT2D eigenvalue weighted by Gasteiger charge is -2.25. The third-order valence-corrected chi connectivity index (χ3v) is 2.30. The first-order valence-corrected chi connectivity index (χ1v) is 4.29. The Bertz CT molecular complexity index is 364. The van der Waals surface area contributed by atoms with Gasteiger partial charge in [-0.15, -0.1) is 0 Å². The van der Waals surface area contributed by atoms with Crippen LogP contribution in [0.5, 0.6) is 5.75 Å². The van der Waals surface area contributed by atoms with Gasteiger partial charge in [0.25, 0.3) is 0 Å². The van der Waals surface area contributed by atoms with Gasteiger partial charge in [-0.1, -0.05) is 18.2 Å². The van der Waals surface area contributed by atoms with Crippen molar-refractivity contribution in [2.24, 2.45) is 5.92 Å². The van der Waals surface area contributed by atoms with Crippen molar-refractivity contribution in [3.63, 3.8) is 0 Å². The van der Waals surface area contributed by atoms with Crippen molar-refractivity contribution < 1.29 is 19.0 Å². The molecule has 0 spiro atoms. The Kier molecular flexibility index (Phi) is 2.11. The van der Waals surface area contributed by atoms with Crippen molar-refractivity contribution in [1.29, 1.82) is 0 Å². The number of ether oxygens (including phenoxy) is 1. The number of carboxylic acid groups (broad SMARTS) is 1. The fourth-order valence-corrected chi connectivity index (χ4v) is 1.52. The summed E-state index contributed by atoms with van der Waals surface area (Å²) in [5.74, 6) is -1.81. The Morgan fingerprint density at radius 2 is 2.21 bits per heavy atom. The van der Waals surface area contributed by atoms with Crippen LogP contribution in [0.25, 0.3) is 0 Å². The predicted molar refractivity (Wildman–Crippen MR) is 46.9 cm³/mol. The molecule has 0 bridgehead atoms. The Hall–Kier alpha value is -1.58. The first kappa shape index (κ1) is 8.99. The highest BCUT2D eigenvalue weighted by molar-refractivity contribution is 5.72. The number of hydrogen-bond donors (Lipinski definition) is 1. The zero-order valence-corrected chi connectivity index (χ0v) is 7.31. The van der Waals surface area contributed by atoms with Gasteiger partial charge in [0, 0.05) is 5.56 Å². The molecule has 1 aliphatic rings. The third kappa shape index (κ3) is 1.32. The maximum atomic E-state index is 13.6. The molecule has 0 amide bonds. The minimum Gasteiger partial charge on any atom is -0.492 e. The molecule has 0 saturated carbocycles. The standard InChI is InChI=1S/C10H9FO3/c11-9-6-3-1-2-4-8(6)14-5-7(9)10(12)13/h1-4,7,9H,5H2,(H,12,13). The molecule has 1 aliphatic heterocycles. The van der Waals surface area contributed by atoms with Crippen molar-refractivity contribution in [2.75, 3.05) is 6.61 Å². The number of aliphatic carboxylic acids is 1. The molecule has 74 valence electrons. The smallest absolute Gasteiger partial charge is 0.313 e. The van der Waals surface area contributed by atoms with Crippen LogP contribution in [0, 0.1) is 5.92 Å². The van der Waals surface area contributed by atoms with Crippen molar-refractivity contribution in [3.8, 4) is 5.75 Å². The first-order chi connectivity index (χ1) is 6.70. The number of benzene rings is 1. The number of rotatable bonds is 1. The molecule has 1 aromatic carbocycles. The first-order valence-electron chi connectivity index (χ1n) is 4.29. The Morgan fingerprint density at radius 3 is 2.93 bits per heavy atom. The quantitative estimate of drug-likeness (QED) is 0.744. The zero-order chi connectivity index (χ0) is 10.1. The molecule has 2 atom stereocenters. The van der Waals surface area contributed by atoms with Crippen LogP contribution in [0.3, 0.4) is 0 Å². The van der Waals surface area contributed by atoms with Crippen molar-refractivity contribution in [3.05, 3.63) is 29.8 Å². The van der Waals surface area contributed by atoms with Crippen LogP contribution in [0.1, 0.15) is 11.7 Å². The molecule has 0 aliphatic carbocycles. The highest BCUT2D eigenvalue weighted by Crippen LogP contribution is 2.37. The Labute approximate surface area is 80.1 Å². The summed E-state index contributed by atoms with van der Waals surface area (Å²) < 4.78 is 18.8. The van der Waals surface area contributed by atoms with Gasteiger partial charge in [-0.3, -0.25) is 4.79 Å². The molecule has 3 nitrogen and oxygen atoms in total. The minimum absolute atomic E-state index is 0.104. The monoisotopic (exact) mass is 196 g/mol. The van der Waals surface area contributed by atoms with Crippen LogP contribution in [0.2, 0.25) is 0 Å². The highest BCUT2D eigenvalue weighted by atomic mass is 19.1. The van der Waals surface area contributed by atoms with Gasteiger partial charge in [-0.2, -0.15) is 0 Å². The fraction of sp³-hybridized carbons (Fsp3) is 0.300. The highest BCUT2D eigenvalue weighted by Gasteiger charge is 2.35. The van der Waals surface area contributed by atoms with Crippen molar-refractivity contribution in [2.45, 2.75) is 6.17 Å². The number of para-hydroxylation sites is 1. The summed E-state index contributed by atoms with van der Waals surface area (Å²) in [6.07, 6.45) is -1.47. The van der Waals surface area contributed by atoms with E-state index in [9.17, 15) is 9.18 Å². The fourth-order valence-electron chi connectivity index (χ4n) is 1.52. The lowest BCUT2D eigenvalue weighted by atomic mass is 9.95. The molecular formula is C10H9FO3. The van der Waals surface area contributed by atoms with Crippen LogP contribution in [0.4, 0.5) is 4.39 Å². The molecule has 0 saturated heterocycles. The van der Waals surface area contributed by atoms with Crippen molar-refractivity contribution in [1.82, 2.24) is 0 Å². The minimum atomic E-state index is -1.47. The van der Waals surface area contributed by atoms with E-state index in [1.165, 1.54) is 0 Å². The second-order valence-corrected chi connectivity index (χ2v) is 3.20. The normalized spacial score (nSPS) is 24.9. The average molecular weight is 196 g/mol. The largest absolute Gasteiger partial charge is 0.492 e. The molecule has 0 fully saturated rings. The van der Waals surface area contributed by atoms with E-state index < -0.39 is 18.1 Å². The molecule has 2 rings (SSSR count). The summed E-state index contributed by atoms with van der Waals surface area (Å²) in [5, 5.41) is 8.71. The number of carboxylic acids is 1. The number of fused-ring (bicyclic) bond motifs is 1. The van der Waals surface area contributed by atoms with E-state index >= 15 is 0 Å². The van der Waals surface area contributed by atoms with E-state index in [1.807, 2.05) is 0 Å². The Morgan fingerprint density at radius 1 is 1.50 bits per heavy atom. The van der Waals surface area contributed by atoms with Gasteiger partial charge < -0.3 is 9.84 Å². The lowest BCUT2D eigenvalue weighted by molar-refractivity contribution is -0.146. The molecule has 0 aromatic heterocycles. The summed E-state index contributed by atoms with van der Waals surface area (Å²) in [6.45, 7) is -0.104. The molecule has 1 heterocycles. The number of alkyl halides is 1. The SMILES string of the molecule is O=C(O)C1COc2ccccc2C1F. The van der Waals surface area contributed by atoms with Crippen LogP contribution < -0.4 is 4.74 Å². The van der Waals surface area contributed by atoms with Gasteiger partial charge in [-0.05, 0) is 6.07 Å². The molecule has 2 unspecified atom stereocenters. The van der Waals surface area contributed by atoms with E-state index in [2.05, 4.69) is 0 Å². The summed E-state index contributed by atoms with van der Waals surface area (Å²) >= 11 is 0. The second-order valence-electron chi connectivity index (χ2n) is 3.20. The Balaban J connectivity index is 2.36. The number of halogens is 1. The van der Waals surface area contributed by atoms with Gasteiger partial charge >= 0.3 is 5.97 Å². The van der Waals surface area contributed by atoms with E-state index in [4.69, 9.17) is 9.84 Å². The molecule has 4 heteroatoms. The second kappa shape index (κ2) is 3.29. The van der Waals surface area contributed by atoms with Gasteiger partial charge in [0.1, 0.15) is 24.4 Å². The molecule has 14 heavy (non-hydrogen) atoms. The topological polar surface area (TPSA) is 46.5 Å². The van der Waals surface area contributed by atoms with Crippen LogP contribution in [-0.2, 0) is 4.79 Å². The third-order valence-electron chi connectivity index (χ3n) is 2.30. The molecule has 0 radical (unpaired) electrons. The zero-order valence-electron chi connectivity index (χ0n) is 7.31. The lowest BCUT2D eigenvalue weighted by Crippen LogP contribution is -2.30. The van der Waals surface area contributed by atoms with E-state index in [0.717, 1.165) is 0 Å². The predicted octanol–water partition coefficient (Wildman–Crippen LogP) is 1.79. The summed E-state index contributed by atoms with van der Waals surface area (Å²) in [6, 6.07) is 6.58. The van der Waals surface area contributed by atoms with Crippen molar-refractivity contribution >= 4 is 5.97 Å². The van der Waals surface area contributed by atoms with Gasteiger partial charge in [-0.25, -0.2) is 4.39 Å². The van der Waals surface area contributed by atoms with Crippen LogP contribution in [-0.4, -0.2) is 17.7 Å². The van der Waals surface area contributed by atoms with Crippen LogP contribution >= 0.6 is 0 Å². The number of hydrogen-bond acceptors (Lipinski definition) is 2. The molecule has 1 aromatic rings. The van der Waals surface area contributed by atoms with Gasteiger partial charge in [0.15, 0.2) is 0 Å². The summed E-state index contributed by atoms with van der Waals surface area (Å²) in [7, 11) is 0. The van der Waals surface area contributed by atoms with Gasteiger partial charge in [0.2, 0.25) is 0 Å². The maximum Gasteiger partial charge on any atom is 0.313 e. The molecule has 1 N–H and O–H groups in total. The maximum absolute atomic E-state index is 13.6. The van der Waals surface area contributed by atoms with E-state index in [-0.39, 0.29) is 6.61 Å². The molecular weight excluding hydrogens is 187 g/mol. The van der Waals surface area contributed by atoms with Gasteiger partial charge in [0.05, 0.1) is 0 Å². The van der Waals surface area contributed by atoms with E-state index in [0.29, 0.717) is 11.3 Å². The summed E-state index contributed by atoms with van der Waals surface area (Å²) in [4.78, 5) is 10.7. The van der Waals surface area contributed by atoms with Crippen LogP contribution in [0.15, 0.2) is 24.3 Å². The average Bonchev–Trinajstić information content (AvgIpc) is 2.18. The van der Waals surface area contributed by atoms with E-state index in [1.54, 1.807) is 24.3 Å². The summed E-state index contributed by atoms with van der Waals surface area (Å²) in [5.41, 5.74) is 0.325.